The molecule has 1 aromatic carbocycles. The third-order valence-corrected chi connectivity index (χ3v) is 1.98. The average Bonchev–Trinajstić information content (AvgIpc) is 2.81. The van der Waals surface area contributed by atoms with Crippen molar-refractivity contribution >= 4 is 11.9 Å². The Morgan fingerprint density at radius 3 is 3.00 bits per heavy atom. The predicted octanol–water partition coefficient (Wildman–Crippen LogP) is 1.13. The molecule has 0 fully saturated rings. The van der Waals surface area contributed by atoms with Gasteiger partial charge >= 0.3 is 0 Å². The topological polar surface area (TPSA) is 87.2 Å². The maximum absolute atomic E-state index is 11.4. The molecule has 2 aromatic rings. The van der Waals surface area contributed by atoms with Crippen molar-refractivity contribution in [3.05, 3.63) is 36.7 Å². The van der Waals surface area contributed by atoms with Gasteiger partial charge in [0.05, 0.1) is 0 Å². The van der Waals surface area contributed by atoms with Crippen molar-refractivity contribution in [1.82, 2.24) is 9.97 Å². The zero-order chi connectivity index (χ0) is 12.1. The molecule has 0 unspecified atom stereocenters. The van der Waals surface area contributed by atoms with E-state index in [-0.39, 0.29) is 24.0 Å². The third kappa shape index (κ3) is 2.97. The second-order valence-electron chi connectivity index (χ2n) is 3.24. The van der Waals surface area contributed by atoms with E-state index in [4.69, 9.17) is 4.74 Å². The van der Waals surface area contributed by atoms with Crippen LogP contribution in [0.15, 0.2) is 36.7 Å². The SMILES string of the molecule is O=C(COc1ccccc1O)Nc1ncc[nH]1. The summed E-state index contributed by atoms with van der Waals surface area (Å²) in [7, 11) is 0. The summed E-state index contributed by atoms with van der Waals surface area (Å²) in [6.45, 7) is -0.196. The molecule has 0 spiro atoms. The monoisotopic (exact) mass is 233 g/mol. The van der Waals surface area contributed by atoms with Crippen molar-refractivity contribution in [2.45, 2.75) is 0 Å². The van der Waals surface area contributed by atoms with E-state index in [1.54, 1.807) is 24.4 Å². The molecule has 0 aliphatic carbocycles. The zero-order valence-corrected chi connectivity index (χ0v) is 8.88. The molecule has 3 N–H and O–H groups in total. The molecular weight excluding hydrogens is 222 g/mol. The minimum atomic E-state index is -0.358. The zero-order valence-electron chi connectivity index (χ0n) is 8.88. The van der Waals surface area contributed by atoms with Crippen LogP contribution in [0.2, 0.25) is 0 Å². The number of nitrogens with zero attached hydrogens (tertiary/aromatic N) is 1. The number of hydrogen-bond acceptors (Lipinski definition) is 4. The fourth-order valence-electron chi connectivity index (χ4n) is 1.22. The summed E-state index contributed by atoms with van der Waals surface area (Å²) in [6, 6.07) is 6.44. The summed E-state index contributed by atoms with van der Waals surface area (Å²) in [5.41, 5.74) is 0. The van der Waals surface area contributed by atoms with Gasteiger partial charge in [-0.25, -0.2) is 4.98 Å². The molecule has 0 bridgehead atoms. The molecule has 88 valence electrons. The Morgan fingerprint density at radius 1 is 1.47 bits per heavy atom. The molecule has 6 nitrogen and oxygen atoms in total. The Kier molecular flexibility index (Phi) is 3.25. The summed E-state index contributed by atoms with van der Waals surface area (Å²) in [6.07, 6.45) is 3.12. The Hall–Kier alpha value is -2.50. The van der Waals surface area contributed by atoms with Gasteiger partial charge in [0.15, 0.2) is 18.1 Å². The Bertz CT molecular complexity index is 496. The fraction of sp³-hybridized carbons (Fsp3) is 0.0909. The van der Waals surface area contributed by atoms with E-state index in [2.05, 4.69) is 15.3 Å². The van der Waals surface area contributed by atoms with Crippen LogP contribution >= 0.6 is 0 Å². The minimum Gasteiger partial charge on any atom is -0.504 e. The lowest BCUT2D eigenvalue weighted by molar-refractivity contribution is -0.118. The molecule has 0 atom stereocenters. The Morgan fingerprint density at radius 2 is 2.29 bits per heavy atom. The van der Waals surface area contributed by atoms with Gasteiger partial charge in [-0.15, -0.1) is 0 Å². The highest BCUT2D eigenvalue weighted by molar-refractivity contribution is 5.90. The number of amides is 1. The first-order valence-electron chi connectivity index (χ1n) is 4.96. The number of aromatic hydroxyl groups is 1. The number of para-hydroxylation sites is 2. The number of hydrogen-bond donors (Lipinski definition) is 3. The van der Waals surface area contributed by atoms with E-state index in [1.165, 1.54) is 12.3 Å². The van der Waals surface area contributed by atoms with Crippen LogP contribution in [0, 0.1) is 0 Å². The summed E-state index contributed by atoms with van der Waals surface area (Å²) in [5.74, 6) is 0.263. The number of imidazole rings is 1. The molecule has 0 aliphatic rings. The van der Waals surface area contributed by atoms with Crippen LogP contribution in [0.25, 0.3) is 0 Å². The number of rotatable bonds is 4. The predicted molar refractivity (Wildman–Crippen MR) is 60.8 cm³/mol. The molecular formula is C11H11N3O3. The van der Waals surface area contributed by atoms with Crippen LogP contribution < -0.4 is 10.1 Å². The standard InChI is InChI=1S/C11H11N3O3/c15-8-3-1-2-4-9(8)17-7-10(16)14-11-12-5-6-13-11/h1-6,15H,7H2,(H2,12,13,14,16). The van der Waals surface area contributed by atoms with E-state index in [1.807, 2.05) is 0 Å². The van der Waals surface area contributed by atoms with Crippen molar-refractivity contribution in [2.75, 3.05) is 11.9 Å². The number of aromatic nitrogens is 2. The van der Waals surface area contributed by atoms with Crippen molar-refractivity contribution in [3.63, 3.8) is 0 Å². The minimum absolute atomic E-state index is 0.00158. The van der Waals surface area contributed by atoms with Crippen LogP contribution in [0.4, 0.5) is 5.95 Å². The summed E-state index contributed by atoms with van der Waals surface area (Å²) in [4.78, 5) is 18.0. The number of ether oxygens (including phenoxy) is 1. The van der Waals surface area contributed by atoms with Crippen molar-refractivity contribution in [1.29, 1.82) is 0 Å². The van der Waals surface area contributed by atoms with Gasteiger partial charge in [-0.05, 0) is 12.1 Å². The van der Waals surface area contributed by atoms with Crippen LogP contribution in [0.3, 0.4) is 0 Å². The third-order valence-electron chi connectivity index (χ3n) is 1.98. The lowest BCUT2D eigenvalue weighted by Gasteiger charge is -2.06. The van der Waals surface area contributed by atoms with Crippen LogP contribution in [0.1, 0.15) is 0 Å². The Balaban J connectivity index is 1.86. The molecule has 0 radical (unpaired) electrons. The maximum atomic E-state index is 11.4. The highest BCUT2D eigenvalue weighted by Crippen LogP contribution is 2.23. The first-order chi connectivity index (χ1) is 8.25. The van der Waals surface area contributed by atoms with E-state index >= 15 is 0 Å². The van der Waals surface area contributed by atoms with E-state index in [0.717, 1.165) is 0 Å². The molecule has 17 heavy (non-hydrogen) atoms. The number of H-pyrrole nitrogens is 1. The van der Waals surface area contributed by atoms with Gasteiger partial charge < -0.3 is 14.8 Å². The number of aromatic amines is 1. The van der Waals surface area contributed by atoms with Crippen molar-refractivity contribution in [3.8, 4) is 11.5 Å². The molecule has 6 heteroatoms. The van der Waals surface area contributed by atoms with E-state index in [9.17, 15) is 9.90 Å². The van der Waals surface area contributed by atoms with Crippen LogP contribution in [-0.4, -0.2) is 27.6 Å². The molecule has 1 aromatic heterocycles. The number of benzene rings is 1. The normalized spacial score (nSPS) is 9.88. The fourth-order valence-corrected chi connectivity index (χ4v) is 1.22. The first-order valence-corrected chi connectivity index (χ1v) is 4.96. The van der Waals surface area contributed by atoms with Gasteiger partial charge in [0.25, 0.3) is 5.91 Å². The highest BCUT2D eigenvalue weighted by atomic mass is 16.5. The van der Waals surface area contributed by atoms with Gasteiger partial charge in [0.2, 0.25) is 5.95 Å². The number of phenolic OH excluding ortho intramolecular Hbond substituents is 1. The average molecular weight is 233 g/mol. The number of carbonyl (C=O) groups excluding carboxylic acids is 1. The first kappa shape index (κ1) is 11.0. The van der Waals surface area contributed by atoms with Gasteiger partial charge in [-0.3, -0.25) is 10.1 Å². The maximum Gasteiger partial charge on any atom is 0.264 e. The van der Waals surface area contributed by atoms with Gasteiger partial charge in [0, 0.05) is 12.4 Å². The van der Waals surface area contributed by atoms with Crippen LogP contribution in [-0.2, 0) is 4.79 Å². The smallest absolute Gasteiger partial charge is 0.264 e. The molecule has 0 saturated heterocycles. The number of carbonyl (C=O) groups is 1. The Labute approximate surface area is 97.3 Å². The van der Waals surface area contributed by atoms with Crippen molar-refractivity contribution in [2.24, 2.45) is 0 Å². The van der Waals surface area contributed by atoms with Crippen molar-refractivity contribution < 1.29 is 14.6 Å². The second kappa shape index (κ2) is 5.02. The lowest BCUT2D eigenvalue weighted by atomic mass is 10.3. The highest BCUT2D eigenvalue weighted by Gasteiger charge is 2.06. The largest absolute Gasteiger partial charge is 0.504 e. The van der Waals surface area contributed by atoms with Gasteiger partial charge in [-0.1, -0.05) is 12.1 Å². The molecule has 0 saturated carbocycles. The number of phenols is 1. The van der Waals surface area contributed by atoms with E-state index < -0.39 is 0 Å². The molecule has 1 heterocycles. The molecule has 1 amide bonds. The summed E-state index contributed by atoms with van der Waals surface area (Å²) < 4.78 is 5.14. The van der Waals surface area contributed by atoms with Gasteiger partial charge in [-0.2, -0.15) is 0 Å². The number of nitrogens with one attached hydrogen (secondary N) is 2. The summed E-state index contributed by atoms with van der Waals surface area (Å²) in [5, 5.41) is 11.9. The van der Waals surface area contributed by atoms with Crippen LogP contribution in [0.5, 0.6) is 11.5 Å². The lowest BCUT2D eigenvalue weighted by Crippen LogP contribution is -2.20. The second-order valence-corrected chi connectivity index (χ2v) is 3.24. The van der Waals surface area contributed by atoms with Gasteiger partial charge in [0.1, 0.15) is 0 Å². The molecule has 2 rings (SSSR count). The number of anilines is 1. The quantitative estimate of drug-likeness (QED) is 0.738. The molecule has 0 aliphatic heterocycles. The summed E-state index contributed by atoms with van der Waals surface area (Å²) >= 11 is 0. The van der Waals surface area contributed by atoms with E-state index in [0.29, 0.717) is 5.95 Å².